The first-order chi connectivity index (χ1) is 9.65. The highest BCUT2D eigenvalue weighted by Crippen LogP contribution is 2.41. The van der Waals surface area contributed by atoms with Crippen LogP contribution >= 0.6 is 24.0 Å². The van der Waals surface area contributed by atoms with E-state index in [-0.39, 0.29) is 24.0 Å². The Balaban J connectivity index is 0.00000220. The SMILES string of the molecule is COCCC1(CN=C(N)N2CCCC(C)C2)CCCC1.I. The zero-order chi connectivity index (χ0) is 14.4. The number of piperidine rings is 1. The summed E-state index contributed by atoms with van der Waals surface area (Å²) in [7, 11) is 1.79. The Bertz CT molecular complexity index is 329. The van der Waals surface area contributed by atoms with Crippen molar-refractivity contribution in [3.63, 3.8) is 0 Å². The summed E-state index contributed by atoms with van der Waals surface area (Å²) in [5.41, 5.74) is 6.57. The third-order valence-corrected chi connectivity index (χ3v) is 5.06. The van der Waals surface area contributed by atoms with Crippen LogP contribution in [0.1, 0.15) is 51.9 Å². The molecule has 1 saturated carbocycles. The van der Waals surface area contributed by atoms with Gasteiger partial charge in [0.2, 0.25) is 0 Å². The number of nitrogens with two attached hydrogens (primary N) is 1. The Hall–Kier alpha value is -0.0400. The zero-order valence-electron chi connectivity index (χ0n) is 13.6. The quantitative estimate of drug-likeness (QED) is 0.431. The van der Waals surface area contributed by atoms with Crippen molar-refractivity contribution in [1.82, 2.24) is 4.90 Å². The van der Waals surface area contributed by atoms with Gasteiger partial charge >= 0.3 is 0 Å². The minimum atomic E-state index is 0. The Kier molecular flexibility index (Phi) is 8.31. The highest BCUT2D eigenvalue weighted by Gasteiger charge is 2.33. The van der Waals surface area contributed by atoms with E-state index in [4.69, 9.17) is 15.5 Å². The molecule has 5 heteroatoms. The van der Waals surface area contributed by atoms with Gasteiger partial charge in [-0.3, -0.25) is 4.99 Å². The normalized spacial score (nSPS) is 25.7. The van der Waals surface area contributed by atoms with Crippen molar-refractivity contribution >= 4 is 29.9 Å². The molecule has 0 bridgehead atoms. The van der Waals surface area contributed by atoms with Crippen molar-refractivity contribution < 1.29 is 4.74 Å². The molecule has 1 heterocycles. The Labute approximate surface area is 146 Å². The lowest BCUT2D eigenvalue weighted by atomic mass is 9.83. The Morgan fingerprint density at radius 1 is 1.33 bits per heavy atom. The van der Waals surface area contributed by atoms with E-state index in [0.717, 1.165) is 44.5 Å². The van der Waals surface area contributed by atoms with Gasteiger partial charge in [-0.15, -0.1) is 24.0 Å². The van der Waals surface area contributed by atoms with Crippen LogP contribution in [0.3, 0.4) is 0 Å². The van der Waals surface area contributed by atoms with Gasteiger partial charge < -0.3 is 15.4 Å². The van der Waals surface area contributed by atoms with Crippen LogP contribution in [-0.4, -0.2) is 44.2 Å². The number of nitrogens with zero attached hydrogens (tertiary/aromatic N) is 2. The fourth-order valence-corrected chi connectivity index (χ4v) is 3.68. The fraction of sp³-hybridized carbons (Fsp3) is 0.938. The van der Waals surface area contributed by atoms with Crippen molar-refractivity contribution in [2.75, 3.05) is 33.4 Å². The molecule has 1 saturated heterocycles. The first-order valence-corrected chi connectivity index (χ1v) is 8.19. The second-order valence-electron chi connectivity index (χ2n) is 6.82. The van der Waals surface area contributed by atoms with Gasteiger partial charge in [-0.25, -0.2) is 0 Å². The summed E-state index contributed by atoms with van der Waals surface area (Å²) in [6, 6.07) is 0. The van der Waals surface area contributed by atoms with E-state index in [2.05, 4.69) is 11.8 Å². The van der Waals surface area contributed by atoms with Gasteiger partial charge in [-0.2, -0.15) is 0 Å². The van der Waals surface area contributed by atoms with E-state index < -0.39 is 0 Å². The number of likely N-dealkylation sites (tertiary alicyclic amines) is 1. The molecule has 2 aliphatic rings. The minimum Gasteiger partial charge on any atom is -0.385 e. The fourth-order valence-electron chi connectivity index (χ4n) is 3.68. The highest BCUT2D eigenvalue weighted by molar-refractivity contribution is 14.0. The van der Waals surface area contributed by atoms with Crippen molar-refractivity contribution in [2.45, 2.75) is 51.9 Å². The standard InChI is InChI=1S/C16H31N3O.HI/c1-14-6-5-10-19(12-14)15(17)18-13-16(9-11-20-2)7-3-4-8-16;/h14H,3-13H2,1-2H3,(H2,17,18);1H. The molecule has 2 N–H and O–H groups in total. The lowest BCUT2D eigenvalue weighted by Gasteiger charge is -2.33. The number of aliphatic imine (C=N–C) groups is 1. The number of guanidine groups is 1. The lowest BCUT2D eigenvalue weighted by molar-refractivity contribution is 0.141. The molecule has 2 rings (SSSR count). The second-order valence-corrected chi connectivity index (χ2v) is 6.82. The molecule has 1 aliphatic carbocycles. The van der Waals surface area contributed by atoms with Crippen molar-refractivity contribution in [3.8, 4) is 0 Å². The molecule has 0 radical (unpaired) electrons. The molecule has 124 valence electrons. The monoisotopic (exact) mass is 409 g/mol. The minimum absolute atomic E-state index is 0. The third kappa shape index (κ3) is 5.58. The van der Waals surface area contributed by atoms with Crippen LogP contribution in [0.2, 0.25) is 0 Å². The summed E-state index contributed by atoms with van der Waals surface area (Å²) < 4.78 is 5.28. The molecule has 2 fully saturated rings. The van der Waals surface area contributed by atoms with Crippen molar-refractivity contribution in [1.29, 1.82) is 0 Å². The van der Waals surface area contributed by atoms with Crippen LogP contribution in [0.5, 0.6) is 0 Å². The first-order valence-electron chi connectivity index (χ1n) is 8.19. The zero-order valence-corrected chi connectivity index (χ0v) is 16.0. The van der Waals surface area contributed by atoms with Crippen LogP contribution in [0, 0.1) is 11.3 Å². The second kappa shape index (κ2) is 9.18. The summed E-state index contributed by atoms with van der Waals surface area (Å²) in [4.78, 5) is 7.03. The van der Waals surface area contributed by atoms with Crippen molar-refractivity contribution in [3.05, 3.63) is 0 Å². The predicted molar refractivity (Wildman–Crippen MR) is 99.3 cm³/mol. The average molecular weight is 409 g/mol. The summed E-state index contributed by atoms with van der Waals surface area (Å²) in [5, 5.41) is 0. The number of ether oxygens (including phenoxy) is 1. The van der Waals surface area contributed by atoms with Gasteiger partial charge in [0, 0.05) is 33.4 Å². The van der Waals surface area contributed by atoms with Gasteiger partial charge in [0.25, 0.3) is 0 Å². The molecule has 0 amide bonds. The average Bonchev–Trinajstić information content (AvgIpc) is 2.92. The maximum absolute atomic E-state index is 6.22. The van der Waals surface area contributed by atoms with Crippen LogP contribution in [-0.2, 0) is 4.74 Å². The Morgan fingerprint density at radius 3 is 2.67 bits per heavy atom. The highest BCUT2D eigenvalue weighted by atomic mass is 127. The smallest absolute Gasteiger partial charge is 0.191 e. The molecule has 0 aromatic carbocycles. The lowest BCUT2D eigenvalue weighted by Crippen LogP contribution is -2.44. The summed E-state index contributed by atoms with van der Waals surface area (Å²) in [6.45, 7) is 6.17. The van der Waals surface area contributed by atoms with Gasteiger partial charge in [0.1, 0.15) is 0 Å². The van der Waals surface area contributed by atoms with Crippen LogP contribution in [0.15, 0.2) is 4.99 Å². The van der Waals surface area contributed by atoms with Gasteiger partial charge in [-0.05, 0) is 43.4 Å². The largest absolute Gasteiger partial charge is 0.385 e. The van der Waals surface area contributed by atoms with Crippen LogP contribution in [0.4, 0.5) is 0 Å². The topological polar surface area (TPSA) is 50.9 Å². The molecule has 0 aromatic rings. The molecule has 1 aliphatic heterocycles. The molecule has 4 nitrogen and oxygen atoms in total. The molecular formula is C16H32IN3O. The molecule has 0 spiro atoms. The molecular weight excluding hydrogens is 377 g/mol. The third-order valence-electron chi connectivity index (χ3n) is 5.06. The number of rotatable bonds is 5. The van der Waals surface area contributed by atoms with E-state index in [1.807, 2.05) is 0 Å². The van der Waals surface area contributed by atoms with Crippen molar-refractivity contribution in [2.24, 2.45) is 22.1 Å². The van der Waals surface area contributed by atoms with Crippen LogP contribution in [0.25, 0.3) is 0 Å². The number of methoxy groups -OCH3 is 1. The van der Waals surface area contributed by atoms with E-state index in [1.54, 1.807) is 7.11 Å². The summed E-state index contributed by atoms with van der Waals surface area (Å²) in [6.07, 6.45) is 8.91. The summed E-state index contributed by atoms with van der Waals surface area (Å²) in [5.74, 6) is 1.51. The van der Waals surface area contributed by atoms with E-state index in [0.29, 0.717) is 5.41 Å². The molecule has 1 unspecified atom stereocenters. The predicted octanol–water partition coefficient (Wildman–Crippen LogP) is 3.25. The van der Waals surface area contributed by atoms with Gasteiger partial charge in [0.15, 0.2) is 5.96 Å². The van der Waals surface area contributed by atoms with E-state index in [1.165, 1.54) is 38.5 Å². The van der Waals surface area contributed by atoms with Gasteiger partial charge in [0.05, 0.1) is 0 Å². The molecule has 21 heavy (non-hydrogen) atoms. The van der Waals surface area contributed by atoms with Gasteiger partial charge in [-0.1, -0.05) is 19.8 Å². The number of hydrogen-bond acceptors (Lipinski definition) is 2. The molecule has 0 aromatic heterocycles. The maximum Gasteiger partial charge on any atom is 0.191 e. The Morgan fingerprint density at radius 2 is 2.05 bits per heavy atom. The number of halogens is 1. The van der Waals surface area contributed by atoms with E-state index in [9.17, 15) is 0 Å². The van der Waals surface area contributed by atoms with Crippen LogP contribution < -0.4 is 5.73 Å². The maximum atomic E-state index is 6.22. The summed E-state index contributed by atoms with van der Waals surface area (Å²) >= 11 is 0. The molecule has 1 atom stereocenters. The van der Waals surface area contributed by atoms with E-state index >= 15 is 0 Å². The first kappa shape index (κ1) is 19.0. The number of hydrogen-bond donors (Lipinski definition) is 1.